The van der Waals surface area contributed by atoms with E-state index in [-0.39, 0.29) is 30.8 Å². The quantitative estimate of drug-likeness (QED) is 0.781. The Morgan fingerprint density at radius 1 is 1.08 bits per heavy atom. The number of amides is 2. The van der Waals surface area contributed by atoms with Gasteiger partial charge in [0.15, 0.2) is 0 Å². The summed E-state index contributed by atoms with van der Waals surface area (Å²) < 4.78 is 0. The van der Waals surface area contributed by atoms with Crippen LogP contribution in [0, 0.1) is 6.92 Å². The standard InChI is InChI=1S/C20H25N3O2.ClH/c1-3-23(14-16-7-5-4-6-8-16)18(24)13-22-20(25)19(21)17-11-9-15(2)10-12-17;/h4-12,19H,3,13-14,21H2,1-2H3,(H,22,25);1H. The molecule has 140 valence electrons. The highest BCUT2D eigenvalue weighted by molar-refractivity contribution is 5.88. The Balaban J connectivity index is 0.00000338. The maximum absolute atomic E-state index is 12.4. The second kappa shape index (κ2) is 10.6. The summed E-state index contributed by atoms with van der Waals surface area (Å²) in [5, 5.41) is 2.64. The lowest BCUT2D eigenvalue weighted by atomic mass is 10.1. The van der Waals surface area contributed by atoms with Crippen molar-refractivity contribution in [3.8, 4) is 0 Å². The average Bonchev–Trinajstić information content (AvgIpc) is 2.64. The lowest BCUT2D eigenvalue weighted by Crippen LogP contribution is -2.42. The molecule has 2 rings (SSSR count). The Kier molecular flexibility index (Phi) is 8.82. The maximum Gasteiger partial charge on any atom is 0.242 e. The number of carbonyl (C=O) groups excluding carboxylic acids is 2. The number of hydrogen-bond donors (Lipinski definition) is 2. The highest BCUT2D eigenvalue weighted by Crippen LogP contribution is 2.11. The molecule has 0 radical (unpaired) electrons. The van der Waals surface area contributed by atoms with Crippen LogP contribution in [0.15, 0.2) is 54.6 Å². The first-order chi connectivity index (χ1) is 12.0. The minimum Gasteiger partial charge on any atom is -0.345 e. The third-order valence-corrected chi connectivity index (χ3v) is 4.08. The average molecular weight is 376 g/mol. The summed E-state index contributed by atoms with van der Waals surface area (Å²) >= 11 is 0. The molecule has 1 unspecified atom stereocenters. The number of nitrogens with two attached hydrogens (primary N) is 1. The van der Waals surface area contributed by atoms with E-state index in [2.05, 4.69) is 5.32 Å². The first kappa shape index (κ1) is 21.7. The smallest absolute Gasteiger partial charge is 0.242 e. The van der Waals surface area contributed by atoms with E-state index in [1.807, 2.05) is 68.4 Å². The third-order valence-electron chi connectivity index (χ3n) is 4.08. The number of nitrogens with one attached hydrogen (secondary N) is 1. The molecule has 3 N–H and O–H groups in total. The van der Waals surface area contributed by atoms with Crippen LogP contribution in [0.1, 0.15) is 29.7 Å². The lowest BCUT2D eigenvalue weighted by Gasteiger charge is -2.22. The number of hydrogen-bond acceptors (Lipinski definition) is 3. The van der Waals surface area contributed by atoms with Gasteiger partial charge in [0.25, 0.3) is 0 Å². The van der Waals surface area contributed by atoms with Crippen LogP contribution in [0.2, 0.25) is 0 Å². The number of nitrogens with zero attached hydrogens (tertiary/aromatic N) is 1. The molecule has 0 aromatic heterocycles. The van der Waals surface area contributed by atoms with Crippen molar-refractivity contribution < 1.29 is 9.59 Å². The molecule has 0 aliphatic heterocycles. The van der Waals surface area contributed by atoms with Crippen LogP contribution < -0.4 is 11.1 Å². The normalized spacial score (nSPS) is 11.2. The molecule has 0 saturated carbocycles. The predicted octanol–water partition coefficient (Wildman–Crippen LogP) is 2.58. The van der Waals surface area contributed by atoms with E-state index in [9.17, 15) is 9.59 Å². The van der Waals surface area contributed by atoms with Crippen LogP contribution in [0.4, 0.5) is 0 Å². The Morgan fingerprint density at radius 2 is 1.69 bits per heavy atom. The fraction of sp³-hybridized carbons (Fsp3) is 0.300. The molecular formula is C20H26ClN3O2. The van der Waals surface area contributed by atoms with Crippen molar-refractivity contribution in [2.45, 2.75) is 26.4 Å². The molecule has 2 aromatic carbocycles. The third kappa shape index (κ3) is 6.17. The Morgan fingerprint density at radius 3 is 2.27 bits per heavy atom. The minimum absolute atomic E-state index is 0. The van der Waals surface area contributed by atoms with Crippen LogP contribution in [-0.4, -0.2) is 29.8 Å². The topological polar surface area (TPSA) is 75.4 Å². The number of halogens is 1. The number of carbonyl (C=O) groups is 2. The molecule has 26 heavy (non-hydrogen) atoms. The molecule has 2 aromatic rings. The van der Waals surface area contributed by atoms with Crippen LogP contribution in [0.25, 0.3) is 0 Å². The van der Waals surface area contributed by atoms with Gasteiger partial charge in [-0.15, -0.1) is 12.4 Å². The Bertz CT molecular complexity index is 705. The summed E-state index contributed by atoms with van der Waals surface area (Å²) in [5.41, 5.74) is 8.86. The molecule has 0 fully saturated rings. The highest BCUT2D eigenvalue weighted by Gasteiger charge is 2.18. The summed E-state index contributed by atoms with van der Waals surface area (Å²) in [4.78, 5) is 26.3. The SMILES string of the molecule is CCN(Cc1ccccc1)C(=O)CNC(=O)C(N)c1ccc(C)cc1.Cl. The Labute approximate surface area is 161 Å². The maximum atomic E-state index is 12.4. The van der Waals surface area contributed by atoms with Crippen molar-refractivity contribution in [3.63, 3.8) is 0 Å². The van der Waals surface area contributed by atoms with Gasteiger partial charge < -0.3 is 16.0 Å². The summed E-state index contributed by atoms with van der Waals surface area (Å²) in [6.07, 6.45) is 0. The van der Waals surface area contributed by atoms with Crippen LogP contribution in [-0.2, 0) is 16.1 Å². The monoisotopic (exact) mass is 375 g/mol. The van der Waals surface area contributed by atoms with Gasteiger partial charge in [0, 0.05) is 13.1 Å². The fourth-order valence-electron chi connectivity index (χ4n) is 2.49. The number of aryl methyl sites for hydroxylation is 1. The molecule has 0 spiro atoms. The van der Waals surface area contributed by atoms with Gasteiger partial charge in [-0.05, 0) is 25.0 Å². The molecular weight excluding hydrogens is 350 g/mol. The Hall–Kier alpha value is -2.37. The van der Waals surface area contributed by atoms with Gasteiger partial charge in [-0.25, -0.2) is 0 Å². The fourth-order valence-corrected chi connectivity index (χ4v) is 2.49. The van der Waals surface area contributed by atoms with Crippen LogP contribution in [0.3, 0.4) is 0 Å². The molecule has 0 aliphatic rings. The summed E-state index contributed by atoms with van der Waals surface area (Å²) in [6, 6.07) is 16.5. The summed E-state index contributed by atoms with van der Waals surface area (Å²) in [5.74, 6) is -0.483. The molecule has 6 heteroatoms. The van der Waals surface area contributed by atoms with Crippen LogP contribution >= 0.6 is 12.4 Å². The van der Waals surface area contributed by atoms with E-state index in [4.69, 9.17) is 5.73 Å². The van der Waals surface area contributed by atoms with Gasteiger partial charge in [0.1, 0.15) is 6.04 Å². The van der Waals surface area contributed by atoms with Gasteiger partial charge in [0.05, 0.1) is 6.54 Å². The van der Waals surface area contributed by atoms with E-state index >= 15 is 0 Å². The van der Waals surface area contributed by atoms with Gasteiger partial charge in [-0.1, -0.05) is 60.2 Å². The number of likely N-dealkylation sites (N-methyl/N-ethyl adjacent to an activating group) is 1. The highest BCUT2D eigenvalue weighted by atomic mass is 35.5. The van der Waals surface area contributed by atoms with E-state index in [0.29, 0.717) is 13.1 Å². The molecule has 0 bridgehead atoms. The molecule has 1 atom stereocenters. The lowest BCUT2D eigenvalue weighted by molar-refractivity contribution is -0.133. The number of benzene rings is 2. The predicted molar refractivity (Wildman–Crippen MR) is 106 cm³/mol. The second-order valence-electron chi connectivity index (χ2n) is 6.00. The first-order valence-corrected chi connectivity index (χ1v) is 8.42. The molecule has 0 aliphatic carbocycles. The van der Waals surface area contributed by atoms with Crippen molar-refractivity contribution in [1.82, 2.24) is 10.2 Å². The van der Waals surface area contributed by atoms with Crippen molar-refractivity contribution in [3.05, 3.63) is 71.3 Å². The van der Waals surface area contributed by atoms with E-state index in [1.54, 1.807) is 4.90 Å². The second-order valence-corrected chi connectivity index (χ2v) is 6.00. The van der Waals surface area contributed by atoms with E-state index < -0.39 is 6.04 Å². The van der Waals surface area contributed by atoms with Crippen molar-refractivity contribution >= 4 is 24.2 Å². The summed E-state index contributed by atoms with van der Waals surface area (Å²) in [7, 11) is 0. The number of rotatable bonds is 7. The summed E-state index contributed by atoms with van der Waals surface area (Å²) in [6.45, 7) is 4.93. The minimum atomic E-state index is -0.780. The zero-order valence-electron chi connectivity index (χ0n) is 15.1. The van der Waals surface area contributed by atoms with Crippen molar-refractivity contribution in [2.75, 3.05) is 13.1 Å². The van der Waals surface area contributed by atoms with E-state index in [1.165, 1.54) is 0 Å². The zero-order chi connectivity index (χ0) is 18.2. The van der Waals surface area contributed by atoms with Gasteiger partial charge in [0.2, 0.25) is 11.8 Å². The van der Waals surface area contributed by atoms with Gasteiger partial charge in [-0.2, -0.15) is 0 Å². The van der Waals surface area contributed by atoms with Gasteiger partial charge >= 0.3 is 0 Å². The molecule has 0 heterocycles. The molecule has 0 saturated heterocycles. The largest absolute Gasteiger partial charge is 0.345 e. The first-order valence-electron chi connectivity index (χ1n) is 8.42. The van der Waals surface area contributed by atoms with Crippen molar-refractivity contribution in [2.24, 2.45) is 5.73 Å². The van der Waals surface area contributed by atoms with Crippen LogP contribution in [0.5, 0.6) is 0 Å². The van der Waals surface area contributed by atoms with E-state index in [0.717, 1.165) is 16.7 Å². The zero-order valence-corrected chi connectivity index (χ0v) is 16.0. The van der Waals surface area contributed by atoms with Crippen molar-refractivity contribution in [1.29, 1.82) is 0 Å². The molecule has 5 nitrogen and oxygen atoms in total. The van der Waals surface area contributed by atoms with Gasteiger partial charge in [-0.3, -0.25) is 9.59 Å². The molecule has 2 amide bonds.